The van der Waals surface area contributed by atoms with Crippen LogP contribution in [0.3, 0.4) is 0 Å². The number of nitriles is 1. The molecular weight excluding hydrogens is 168 g/mol. The number of hydrogen-bond donors (Lipinski definition) is 1. The highest BCUT2D eigenvalue weighted by atomic mass is 16.4. The Morgan fingerprint density at radius 2 is 2.08 bits per heavy atom. The van der Waals surface area contributed by atoms with Crippen molar-refractivity contribution in [2.24, 2.45) is 5.92 Å². The van der Waals surface area contributed by atoms with Crippen molar-refractivity contribution >= 4 is 5.97 Å². The molecule has 0 aromatic carbocycles. The van der Waals surface area contributed by atoms with Gasteiger partial charge in [0, 0.05) is 12.6 Å². The summed E-state index contributed by atoms with van der Waals surface area (Å²) in [7, 11) is 0. The molecule has 0 aromatic rings. The second-order valence-electron chi connectivity index (χ2n) is 3.42. The van der Waals surface area contributed by atoms with Gasteiger partial charge >= 0.3 is 5.97 Å². The minimum absolute atomic E-state index is 0.210. The van der Waals surface area contributed by atoms with Crippen molar-refractivity contribution in [3.05, 3.63) is 0 Å². The number of aliphatic carboxylic acids is 1. The molecule has 1 N–H and O–H groups in total. The first-order valence-electron chi connectivity index (χ1n) is 4.32. The van der Waals surface area contributed by atoms with Crippen LogP contribution >= 0.6 is 0 Å². The Labute approximate surface area is 78.8 Å². The van der Waals surface area contributed by atoms with Crippen LogP contribution in [0.1, 0.15) is 20.8 Å². The normalized spacial score (nSPS) is 12.9. The van der Waals surface area contributed by atoms with E-state index in [4.69, 9.17) is 10.4 Å². The molecule has 0 fully saturated rings. The predicted molar refractivity (Wildman–Crippen MR) is 49.1 cm³/mol. The van der Waals surface area contributed by atoms with Gasteiger partial charge in [-0.05, 0) is 13.8 Å². The Balaban J connectivity index is 4.11. The van der Waals surface area contributed by atoms with Crippen LogP contribution in [-0.2, 0) is 4.79 Å². The summed E-state index contributed by atoms with van der Waals surface area (Å²) >= 11 is 0. The van der Waals surface area contributed by atoms with Crippen molar-refractivity contribution in [2.75, 3.05) is 13.1 Å². The molecule has 4 heteroatoms. The first-order chi connectivity index (χ1) is 5.99. The van der Waals surface area contributed by atoms with E-state index in [0.29, 0.717) is 6.54 Å². The monoisotopic (exact) mass is 184 g/mol. The van der Waals surface area contributed by atoms with Crippen LogP contribution in [0.15, 0.2) is 0 Å². The second-order valence-corrected chi connectivity index (χ2v) is 3.42. The lowest BCUT2D eigenvalue weighted by molar-refractivity contribution is -0.141. The average molecular weight is 184 g/mol. The van der Waals surface area contributed by atoms with Gasteiger partial charge in [0.25, 0.3) is 0 Å². The molecule has 0 aliphatic carbocycles. The summed E-state index contributed by atoms with van der Waals surface area (Å²) in [5.74, 6) is -1.24. The largest absolute Gasteiger partial charge is 0.481 e. The molecule has 0 rings (SSSR count). The van der Waals surface area contributed by atoms with Crippen LogP contribution < -0.4 is 0 Å². The Morgan fingerprint density at radius 3 is 2.38 bits per heavy atom. The molecule has 0 heterocycles. The highest BCUT2D eigenvalue weighted by Crippen LogP contribution is 2.04. The van der Waals surface area contributed by atoms with Gasteiger partial charge in [-0.25, -0.2) is 0 Å². The van der Waals surface area contributed by atoms with E-state index in [9.17, 15) is 4.79 Å². The number of carbonyl (C=O) groups is 1. The van der Waals surface area contributed by atoms with Gasteiger partial charge in [-0.3, -0.25) is 9.69 Å². The fourth-order valence-corrected chi connectivity index (χ4v) is 0.979. The van der Waals surface area contributed by atoms with Gasteiger partial charge in [-0.15, -0.1) is 0 Å². The van der Waals surface area contributed by atoms with E-state index in [1.807, 2.05) is 24.8 Å². The van der Waals surface area contributed by atoms with E-state index in [1.54, 1.807) is 6.92 Å². The maximum Gasteiger partial charge on any atom is 0.307 e. The van der Waals surface area contributed by atoms with Crippen molar-refractivity contribution in [3.8, 4) is 6.07 Å². The van der Waals surface area contributed by atoms with E-state index < -0.39 is 11.9 Å². The van der Waals surface area contributed by atoms with Crippen molar-refractivity contribution in [2.45, 2.75) is 26.8 Å². The zero-order valence-electron chi connectivity index (χ0n) is 8.32. The molecule has 0 saturated heterocycles. The third-order valence-electron chi connectivity index (χ3n) is 1.93. The van der Waals surface area contributed by atoms with Crippen LogP contribution in [-0.4, -0.2) is 35.1 Å². The molecule has 0 aliphatic rings. The van der Waals surface area contributed by atoms with Crippen LogP contribution in [0.4, 0.5) is 0 Å². The van der Waals surface area contributed by atoms with Gasteiger partial charge in [0.2, 0.25) is 0 Å². The summed E-state index contributed by atoms with van der Waals surface area (Å²) in [6.45, 7) is 6.27. The fraction of sp³-hybridized carbons (Fsp3) is 0.778. The van der Waals surface area contributed by atoms with E-state index in [2.05, 4.69) is 0 Å². The SMILES string of the molecule is CC(CN(CC#N)C(C)C)C(=O)O. The molecule has 0 spiro atoms. The van der Waals surface area contributed by atoms with Gasteiger partial charge in [0.1, 0.15) is 0 Å². The standard InChI is InChI=1S/C9H16N2O2/c1-7(2)11(5-4-10)6-8(3)9(12)13/h7-8H,5-6H2,1-3H3,(H,12,13). The van der Waals surface area contributed by atoms with Gasteiger partial charge in [-0.2, -0.15) is 5.26 Å². The minimum Gasteiger partial charge on any atom is -0.481 e. The molecule has 4 nitrogen and oxygen atoms in total. The van der Waals surface area contributed by atoms with E-state index >= 15 is 0 Å². The van der Waals surface area contributed by atoms with Crippen LogP contribution in [0, 0.1) is 17.2 Å². The molecule has 1 unspecified atom stereocenters. The molecule has 0 amide bonds. The van der Waals surface area contributed by atoms with E-state index in [0.717, 1.165) is 0 Å². The maximum absolute atomic E-state index is 10.6. The zero-order valence-corrected chi connectivity index (χ0v) is 8.32. The lowest BCUT2D eigenvalue weighted by Gasteiger charge is -2.24. The molecule has 0 bridgehead atoms. The molecule has 0 aliphatic heterocycles. The van der Waals surface area contributed by atoms with Crippen molar-refractivity contribution in [3.63, 3.8) is 0 Å². The van der Waals surface area contributed by atoms with Gasteiger partial charge in [0.05, 0.1) is 18.5 Å². The summed E-state index contributed by atoms with van der Waals surface area (Å²) < 4.78 is 0. The van der Waals surface area contributed by atoms with Gasteiger partial charge in [0.15, 0.2) is 0 Å². The molecule has 74 valence electrons. The van der Waals surface area contributed by atoms with E-state index in [1.165, 1.54) is 0 Å². The Bertz CT molecular complexity index is 208. The molecular formula is C9H16N2O2. The number of hydrogen-bond acceptors (Lipinski definition) is 3. The molecule has 0 aromatic heterocycles. The molecule has 0 radical (unpaired) electrons. The minimum atomic E-state index is -0.816. The smallest absolute Gasteiger partial charge is 0.307 e. The van der Waals surface area contributed by atoms with Crippen molar-refractivity contribution in [1.29, 1.82) is 5.26 Å². The zero-order chi connectivity index (χ0) is 10.4. The highest BCUT2D eigenvalue weighted by molar-refractivity contribution is 5.69. The van der Waals surface area contributed by atoms with Crippen molar-refractivity contribution < 1.29 is 9.90 Å². The first kappa shape index (κ1) is 11.9. The van der Waals surface area contributed by atoms with Crippen LogP contribution in [0.25, 0.3) is 0 Å². The number of rotatable bonds is 5. The summed E-state index contributed by atoms with van der Waals surface area (Å²) in [6.07, 6.45) is 0. The lowest BCUT2D eigenvalue weighted by Crippen LogP contribution is -2.37. The quantitative estimate of drug-likeness (QED) is 0.646. The maximum atomic E-state index is 10.6. The summed E-state index contributed by atoms with van der Waals surface area (Å²) in [6, 6.07) is 2.24. The van der Waals surface area contributed by atoms with Crippen LogP contribution in [0.2, 0.25) is 0 Å². The second kappa shape index (κ2) is 5.55. The first-order valence-corrected chi connectivity index (χ1v) is 4.32. The molecule has 1 atom stereocenters. The fourth-order valence-electron chi connectivity index (χ4n) is 0.979. The van der Waals surface area contributed by atoms with Gasteiger partial charge < -0.3 is 5.11 Å². The molecule has 13 heavy (non-hydrogen) atoms. The lowest BCUT2D eigenvalue weighted by atomic mass is 10.1. The third kappa shape index (κ3) is 4.48. The highest BCUT2D eigenvalue weighted by Gasteiger charge is 2.17. The number of carboxylic acids is 1. The van der Waals surface area contributed by atoms with Crippen molar-refractivity contribution in [1.82, 2.24) is 4.90 Å². The number of carboxylic acid groups (broad SMARTS) is 1. The Hall–Kier alpha value is -1.08. The molecule has 0 saturated carbocycles. The summed E-state index contributed by atoms with van der Waals surface area (Å²) in [4.78, 5) is 12.4. The Kier molecular flexibility index (Phi) is 5.09. The van der Waals surface area contributed by atoms with Crippen LogP contribution in [0.5, 0.6) is 0 Å². The van der Waals surface area contributed by atoms with E-state index in [-0.39, 0.29) is 12.6 Å². The summed E-state index contributed by atoms with van der Waals surface area (Å²) in [5, 5.41) is 17.2. The predicted octanol–water partition coefficient (Wildman–Crippen LogP) is 0.941. The topological polar surface area (TPSA) is 64.3 Å². The number of nitrogens with zero attached hydrogens (tertiary/aromatic N) is 2. The third-order valence-corrected chi connectivity index (χ3v) is 1.93. The van der Waals surface area contributed by atoms with Gasteiger partial charge in [-0.1, -0.05) is 6.92 Å². The Morgan fingerprint density at radius 1 is 1.54 bits per heavy atom. The summed E-state index contributed by atoms with van der Waals surface area (Å²) in [5.41, 5.74) is 0. The average Bonchev–Trinajstić information content (AvgIpc) is 2.03.